The summed E-state index contributed by atoms with van der Waals surface area (Å²) in [4.78, 5) is 20.9. The molecule has 0 unspecified atom stereocenters. The molecule has 302 valence electrons. The van der Waals surface area contributed by atoms with E-state index in [-0.39, 0.29) is 5.54 Å². The second-order valence-corrected chi connectivity index (χ2v) is 21.2. The summed E-state index contributed by atoms with van der Waals surface area (Å²) in [5.41, 5.74) is 17.0. The van der Waals surface area contributed by atoms with Crippen molar-refractivity contribution in [2.45, 2.75) is 33.2 Å². The van der Waals surface area contributed by atoms with E-state index >= 15 is 0 Å². The van der Waals surface area contributed by atoms with Crippen LogP contribution < -0.4 is 59.7 Å². The van der Waals surface area contributed by atoms with Gasteiger partial charge in [0.05, 0.1) is 51.2 Å². The molecule has 0 aliphatic heterocycles. The number of hydrogen-bond donors (Lipinski definition) is 0. The van der Waals surface area contributed by atoms with Crippen LogP contribution in [0.5, 0.6) is 0 Å². The normalized spacial score (nSPS) is 13.4. The minimum Gasteiger partial charge on any atom is -0.376 e. The van der Waals surface area contributed by atoms with Gasteiger partial charge in [-0.15, -0.1) is 0 Å². The van der Waals surface area contributed by atoms with Gasteiger partial charge < -0.3 is 44.1 Å². The molecule has 55 heavy (non-hydrogen) atoms. The molecular weight excluding hydrogens is 695 g/mol. The van der Waals surface area contributed by atoms with Crippen molar-refractivity contribution in [2.75, 3.05) is 171 Å². The minimum atomic E-state index is -3.30. The van der Waals surface area contributed by atoms with E-state index in [2.05, 4.69) is 235 Å². The Hall–Kier alpha value is -4.44. The molecule has 0 amide bonds. The second-order valence-electron chi connectivity index (χ2n) is 17.4. The summed E-state index contributed by atoms with van der Waals surface area (Å²) in [5.74, 6) is 0. The SMILES string of the molecule is CC1=C(C)C([Si](c2ccc(N(C)C)c(N(C)C)c2N(C)C)(c2ccc(N(C)C)c(N(C)C)c2N(C)C)c2ccc(N(C)C)c(N(C)C)c2N(C)C)C(C)=C1C. The van der Waals surface area contributed by atoms with Gasteiger partial charge in [-0.25, -0.2) is 0 Å². The van der Waals surface area contributed by atoms with Crippen LogP contribution in [0.4, 0.5) is 51.2 Å². The fraction of sp³-hybridized carbons (Fsp3) is 0.511. The summed E-state index contributed by atoms with van der Waals surface area (Å²) < 4.78 is 0. The standard InChI is InChI=1S/C45H73N9Si/c1-29-30(2)32(4)45(31(29)3)55(36-26-23-33(46(5)6)39(49(11)12)42(36)52(17)18,37-27-24-34(47(7)8)40(50(13)14)43(37)53(19)20)38-28-25-35(48(9)10)41(51(15)16)44(38)54(21)22/h23-28,45H,1-22H3. The molecule has 0 saturated heterocycles. The monoisotopic (exact) mass is 768 g/mol. The highest BCUT2D eigenvalue weighted by molar-refractivity contribution is 7.15. The molecule has 9 nitrogen and oxygen atoms in total. The van der Waals surface area contributed by atoms with E-state index in [4.69, 9.17) is 0 Å². The van der Waals surface area contributed by atoms with Gasteiger partial charge in [0.1, 0.15) is 0 Å². The van der Waals surface area contributed by atoms with Gasteiger partial charge in [0, 0.05) is 132 Å². The molecule has 0 radical (unpaired) electrons. The quantitative estimate of drug-likeness (QED) is 0.158. The van der Waals surface area contributed by atoms with Crippen LogP contribution in [0.15, 0.2) is 58.7 Å². The van der Waals surface area contributed by atoms with Crippen molar-refractivity contribution in [1.82, 2.24) is 0 Å². The molecule has 0 fully saturated rings. The zero-order valence-electron chi connectivity index (χ0n) is 38.6. The highest BCUT2D eigenvalue weighted by Gasteiger charge is 2.55. The molecule has 0 aromatic heterocycles. The first kappa shape index (κ1) is 43.3. The fourth-order valence-corrected chi connectivity index (χ4v) is 16.0. The molecule has 0 heterocycles. The molecule has 1 aliphatic rings. The Labute approximate surface area is 336 Å². The summed E-state index contributed by atoms with van der Waals surface area (Å²) in [6.45, 7) is 9.54. The predicted octanol–water partition coefficient (Wildman–Crippen LogP) is 5.81. The lowest BCUT2D eigenvalue weighted by molar-refractivity contribution is 1.04. The van der Waals surface area contributed by atoms with Gasteiger partial charge in [-0.2, -0.15) is 0 Å². The van der Waals surface area contributed by atoms with Crippen molar-refractivity contribution in [1.29, 1.82) is 0 Å². The summed E-state index contributed by atoms with van der Waals surface area (Å²) in [6, 6.07) is 14.7. The minimum absolute atomic E-state index is 0.143. The van der Waals surface area contributed by atoms with Gasteiger partial charge in [-0.3, -0.25) is 0 Å². The molecule has 0 bridgehead atoms. The molecule has 0 atom stereocenters. The van der Waals surface area contributed by atoms with E-state index in [1.54, 1.807) is 0 Å². The number of allylic oxidation sites excluding steroid dienone is 4. The van der Waals surface area contributed by atoms with E-state index in [9.17, 15) is 0 Å². The fourth-order valence-electron chi connectivity index (χ4n) is 9.33. The number of hydrogen-bond acceptors (Lipinski definition) is 9. The summed E-state index contributed by atoms with van der Waals surface area (Å²) in [6.07, 6.45) is 0. The van der Waals surface area contributed by atoms with Crippen molar-refractivity contribution in [2.24, 2.45) is 0 Å². The van der Waals surface area contributed by atoms with Gasteiger partial charge in [-0.1, -0.05) is 29.3 Å². The Morgan fingerprint density at radius 3 is 0.709 bits per heavy atom. The Balaban J connectivity index is 2.65. The van der Waals surface area contributed by atoms with E-state index < -0.39 is 8.07 Å². The summed E-state index contributed by atoms with van der Waals surface area (Å²) in [7, 11) is 36.3. The van der Waals surface area contributed by atoms with Crippen molar-refractivity contribution < 1.29 is 0 Å². The van der Waals surface area contributed by atoms with Crippen LogP contribution >= 0.6 is 0 Å². The largest absolute Gasteiger partial charge is 0.376 e. The lowest BCUT2D eigenvalue weighted by Gasteiger charge is -2.47. The zero-order chi connectivity index (χ0) is 41.8. The molecule has 0 spiro atoms. The molecule has 1 aliphatic carbocycles. The first-order chi connectivity index (χ1) is 25.5. The van der Waals surface area contributed by atoms with Gasteiger partial charge in [0.25, 0.3) is 0 Å². The van der Waals surface area contributed by atoms with Crippen LogP contribution in [0.25, 0.3) is 0 Å². The lowest BCUT2D eigenvalue weighted by atomic mass is 10.1. The van der Waals surface area contributed by atoms with E-state index in [0.717, 1.165) is 0 Å². The van der Waals surface area contributed by atoms with Gasteiger partial charge in [0.2, 0.25) is 0 Å². The maximum absolute atomic E-state index is 3.30. The van der Waals surface area contributed by atoms with Crippen LogP contribution in [0, 0.1) is 0 Å². The zero-order valence-corrected chi connectivity index (χ0v) is 39.6. The third-order valence-corrected chi connectivity index (χ3v) is 17.3. The van der Waals surface area contributed by atoms with Gasteiger partial charge in [0.15, 0.2) is 8.07 Å². The van der Waals surface area contributed by atoms with Crippen LogP contribution in [0.3, 0.4) is 0 Å². The highest BCUT2D eigenvalue weighted by Crippen LogP contribution is 2.52. The topological polar surface area (TPSA) is 29.2 Å². The first-order valence-corrected chi connectivity index (χ1v) is 21.5. The Bertz CT molecular complexity index is 1760. The third kappa shape index (κ3) is 7.00. The average Bonchev–Trinajstić information content (AvgIpc) is 3.28. The van der Waals surface area contributed by atoms with Crippen LogP contribution in [0.2, 0.25) is 5.54 Å². The number of benzene rings is 3. The molecule has 10 heteroatoms. The first-order valence-electron chi connectivity index (χ1n) is 19.4. The van der Waals surface area contributed by atoms with Crippen LogP contribution in [-0.4, -0.2) is 135 Å². The van der Waals surface area contributed by atoms with E-state index in [0.29, 0.717) is 0 Å². The number of nitrogens with zero attached hydrogens (tertiary/aromatic N) is 9. The maximum Gasteiger partial charge on any atom is 0.167 e. The Morgan fingerprint density at radius 2 is 0.527 bits per heavy atom. The number of rotatable bonds is 13. The number of anilines is 9. The predicted molar refractivity (Wildman–Crippen MR) is 253 cm³/mol. The molecule has 0 N–H and O–H groups in total. The molecule has 3 aromatic carbocycles. The van der Waals surface area contributed by atoms with Crippen molar-refractivity contribution in [3.8, 4) is 0 Å². The Kier molecular flexibility index (Phi) is 12.6. The summed E-state index contributed by atoms with van der Waals surface area (Å²) in [5, 5.41) is 4.23. The Morgan fingerprint density at radius 1 is 0.309 bits per heavy atom. The smallest absolute Gasteiger partial charge is 0.167 e. The summed E-state index contributed by atoms with van der Waals surface area (Å²) >= 11 is 0. The van der Waals surface area contributed by atoms with E-state index in [1.165, 1.54) is 89.0 Å². The van der Waals surface area contributed by atoms with E-state index in [1.807, 2.05) is 0 Å². The lowest BCUT2D eigenvalue weighted by Crippen LogP contribution is -2.72. The van der Waals surface area contributed by atoms with Crippen molar-refractivity contribution in [3.63, 3.8) is 0 Å². The molecule has 4 rings (SSSR count). The van der Waals surface area contributed by atoms with Gasteiger partial charge >= 0.3 is 0 Å². The van der Waals surface area contributed by atoms with Crippen molar-refractivity contribution in [3.05, 3.63) is 58.7 Å². The van der Waals surface area contributed by atoms with Crippen LogP contribution in [0.1, 0.15) is 27.7 Å². The highest BCUT2D eigenvalue weighted by atomic mass is 28.3. The molecular formula is C45H73N9Si. The van der Waals surface area contributed by atoms with Crippen molar-refractivity contribution >= 4 is 74.8 Å². The third-order valence-electron chi connectivity index (χ3n) is 11.8. The van der Waals surface area contributed by atoms with Crippen LogP contribution in [-0.2, 0) is 0 Å². The van der Waals surface area contributed by atoms with Gasteiger partial charge in [-0.05, 0) is 72.6 Å². The maximum atomic E-state index is 2.51. The average molecular weight is 768 g/mol. The molecule has 0 saturated carbocycles. The second kappa shape index (κ2) is 16.0. The molecule has 3 aromatic rings.